The highest BCUT2D eigenvalue weighted by atomic mass is 79.9. The normalized spacial score (nSPS) is 15.1. The third kappa shape index (κ3) is 3.71. The summed E-state index contributed by atoms with van der Waals surface area (Å²) in [4.78, 5) is 14.2. The van der Waals surface area contributed by atoms with Gasteiger partial charge in [0.15, 0.2) is 0 Å². The smallest absolute Gasteiger partial charge is 0.243 e. The van der Waals surface area contributed by atoms with Crippen LogP contribution >= 0.6 is 28.3 Å². The van der Waals surface area contributed by atoms with E-state index in [1.54, 1.807) is 0 Å². The van der Waals surface area contributed by atoms with Crippen molar-refractivity contribution in [3.05, 3.63) is 28.2 Å². The lowest BCUT2D eigenvalue weighted by Gasteiger charge is -2.22. The highest BCUT2D eigenvalue weighted by molar-refractivity contribution is 9.10. The predicted molar refractivity (Wildman–Crippen MR) is 84.9 cm³/mol. The number of fused-ring (bicyclic) bond motifs is 1. The van der Waals surface area contributed by atoms with Crippen molar-refractivity contribution < 1.29 is 4.79 Å². The number of hydrogen-bond acceptors (Lipinski definition) is 2. The van der Waals surface area contributed by atoms with Gasteiger partial charge < -0.3 is 10.6 Å². The average molecular weight is 348 g/mol. The van der Waals surface area contributed by atoms with E-state index in [1.807, 2.05) is 17.0 Å². The molecule has 1 atom stereocenters. The maximum Gasteiger partial charge on any atom is 0.243 e. The lowest BCUT2D eigenvalue weighted by Crippen LogP contribution is -2.43. The Morgan fingerprint density at radius 3 is 2.79 bits per heavy atom. The van der Waals surface area contributed by atoms with Crippen molar-refractivity contribution in [2.75, 3.05) is 11.4 Å². The molecule has 1 aromatic carbocycles. The molecule has 106 valence electrons. The van der Waals surface area contributed by atoms with Crippen LogP contribution in [-0.2, 0) is 11.2 Å². The van der Waals surface area contributed by atoms with Crippen LogP contribution in [0.25, 0.3) is 0 Å². The highest BCUT2D eigenvalue weighted by Crippen LogP contribution is 2.31. The molecule has 0 saturated carbocycles. The molecule has 0 bridgehead atoms. The molecular weight excluding hydrogens is 328 g/mol. The summed E-state index contributed by atoms with van der Waals surface area (Å²) < 4.78 is 0.999. The third-order valence-corrected chi connectivity index (χ3v) is 3.74. The van der Waals surface area contributed by atoms with E-state index in [2.05, 4.69) is 35.8 Å². The van der Waals surface area contributed by atoms with Gasteiger partial charge in [-0.2, -0.15) is 0 Å². The van der Waals surface area contributed by atoms with Gasteiger partial charge in [-0.1, -0.05) is 35.8 Å². The quantitative estimate of drug-likeness (QED) is 0.913. The second-order valence-electron chi connectivity index (χ2n) is 5.25. The van der Waals surface area contributed by atoms with Gasteiger partial charge in [0.25, 0.3) is 0 Å². The van der Waals surface area contributed by atoms with Crippen LogP contribution in [0.5, 0.6) is 0 Å². The number of nitrogens with zero attached hydrogens (tertiary/aromatic N) is 1. The Bertz CT molecular complexity index is 465. The van der Waals surface area contributed by atoms with Crippen LogP contribution in [-0.4, -0.2) is 18.5 Å². The lowest BCUT2D eigenvalue weighted by atomic mass is 10.0. The van der Waals surface area contributed by atoms with E-state index in [-0.39, 0.29) is 18.3 Å². The summed E-state index contributed by atoms with van der Waals surface area (Å²) in [5, 5.41) is 0. The molecule has 0 spiro atoms. The number of rotatable bonds is 3. The first-order chi connectivity index (χ1) is 8.49. The maximum atomic E-state index is 12.3. The topological polar surface area (TPSA) is 46.3 Å². The summed E-state index contributed by atoms with van der Waals surface area (Å²) in [5.74, 6) is 0.481. The predicted octanol–water partition coefficient (Wildman–Crippen LogP) is 3.13. The molecule has 0 saturated heterocycles. The second kappa shape index (κ2) is 6.73. The van der Waals surface area contributed by atoms with E-state index >= 15 is 0 Å². The van der Waals surface area contributed by atoms with Gasteiger partial charge in [-0.15, -0.1) is 12.4 Å². The van der Waals surface area contributed by atoms with E-state index < -0.39 is 6.04 Å². The number of anilines is 1. The zero-order valence-electron chi connectivity index (χ0n) is 11.2. The van der Waals surface area contributed by atoms with Crippen LogP contribution in [0.1, 0.15) is 25.8 Å². The minimum absolute atomic E-state index is 0. The van der Waals surface area contributed by atoms with Crippen LogP contribution in [0.4, 0.5) is 5.69 Å². The summed E-state index contributed by atoms with van der Waals surface area (Å²) in [6.07, 6.45) is 1.65. The van der Waals surface area contributed by atoms with Crippen molar-refractivity contribution in [3.8, 4) is 0 Å². The first-order valence-electron chi connectivity index (χ1n) is 6.34. The molecule has 0 aliphatic carbocycles. The van der Waals surface area contributed by atoms with Gasteiger partial charge in [-0.3, -0.25) is 4.79 Å². The monoisotopic (exact) mass is 346 g/mol. The van der Waals surface area contributed by atoms with E-state index in [4.69, 9.17) is 5.73 Å². The first-order valence-corrected chi connectivity index (χ1v) is 7.13. The Balaban J connectivity index is 0.00000180. The number of halogens is 2. The summed E-state index contributed by atoms with van der Waals surface area (Å²) >= 11 is 3.45. The largest absolute Gasteiger partial charge is 0.320 e. The SMILES string of the molecule is CC(C)C[C@H](N)C(=O)N1CCc2ccc(Br)cc21.Cl. The number of hydrogen-bond donors (Lipinski definition) is 1. The van der Waals surface area contributed by atoms with E-state index in [0.29, 0.717) is 5.92 Å². The molecule has 0 unspecified atom stereocenters. The van der Waals surface area contributed by atoms with E-state index in [9.17, 15) is 4.79 Å². The molecule has 1 heterocycles. The van der Waals surface area contributed by atoms with Crippen molar-refractivity contribution in [1.82, 2.24) is 0 Å². The van der Waals surface area contributed by atoms with Crippen molar-refractivity contribution in [3.63, 3.8) is 0 Å². The molecule has 0 aromatic heterocycles. The fourth-order valence-corrected chi connectivity index (χ4v) is 2.74. The molecule has 1 aromatic rings. The Labute approximate surface area is 129 Å². The molecule has 1 aliphatic rings. The zero-order valence-corrected chi connectivity index (χ0v) is 13.6. The molecule has 2 rings (SSSR count). The third-order valence-electron chi connectivity index (χ3n) is 3.25. The standard InChI is InChI=1S/C14H19BrN2O.ClH/c1-9(2)7-12(16)14(18)17-6-5-10-3-4-11(15)8-13(10)17;/h3-4,8-9,12H,5-7,16H2,1-2H3;1H/t12-;/m0./s1. The number of carbonyl (C=O) groups is 1. The van der Waals surface area contributed by atoms with Gasteiger partial charge in [0, 0.05) is 16.7 Å². The number of carbonyl (C=O) groups excluding carboxylic acids is 1. The van der Waals surface area contributed by atoms with Crippen LogP contribution < -0.4 is 10.6 Å². The molecular formula is C14H20BrClN2O. The van der Waals surface area contributed by atoms with Gasteiger partial charge in [-0.05, 0) is 36.5 Å². The molecule has 1 aliphatic heterocycles. The fraction of sp³-hybridized carbons (Fsp3) is 0.500. The first kappa shape index (κ1) is 16.5. The van der Waals surface area contributed by atoms with Crippen molar-refractivity contribution in [1.29, 1.82) is 0 Å². The van der Waals surface area contributed by atoms with Crippen molar-refractivity contribution in [2.45, 2.75) is 32.7 Å². The van der Waals surface area contributed by atoms with Crippen LogP contribution in [0.15, 0.2) is 22.7 Å². The van der Waals surface area contributed by atoms with E-state index in [0.717, 1.165) is 29.5 Å². The molecule has 0 radical (unpaired) electrons. The molecule has 0 fully saturated rings. The molecule has 19 heavy (non-hydrogen) atoms. The molecule has 5 heteroatoms. The number of nitrogens with two attached hydrogens (primary N) is 1. The number of benzene rings is 1. The Hall–Kier alpha value is -0.580. The van der Waals surface area contributed by atoms with Crippen LogP contribution in [0.2, 0.25) is 0 Å². The number of amides is 1. The van der Waals surface area contributed by atoms with Crippen LogP contribution in [0, 0.1) is 5.92 Å². The second-order valence-corrected chi connectivity index (χ2v) is 6.16. The van der Waals surface area contributed by atoms with Gasteiger partial charge in [-0.25, -0.2) is 0 Å². The van der Waals surface area contributed by atoms with E-state index in [1.165, 1.54) is 5.56 Å². The Morgan fingerprint density at radius 2 is 2.16 bits per heavy atom. The van der Waals surface area contributed by atoms with Crippen molar-refractivity contribution >= 4 is 39.9 Å². The molecule has 2 N–H and O–H groups in total. The van der Waals surface area contributed by atoms with Gasteiger partial charge >= 0.3 is 0 Å². The summed E-state index contributed by atoms with van der Waals surface area (Å²) in [6, 6.07) is 5.69. The lowest BCUT2D eigenvalue weighted by molar-refractivity contribution is -0.120. The molecule has 1 amide bonds. The summed E-state index contributed by atoms with van der Waals surface area (Å²) in [5.41, 5.74) is 8.22. The average Bonchev–Trinajstić information content (AvgIpc) is 2.69. The molecule has 3 nitrogen and oxygen atoms in total. The maximum absolute atomic E-state index is 12.3. The zero-order chi connectivity index (χ0) is 13.3. The van der Waals surface area contributed by atoms with Gasteiger partial charge in [0.05, 0.1) is 6.04 Å². The van der Waals surface area contributed by atoms with Gasteiger partial charge in [0.2, 0.25) is 5.91 Å². The summed E-state index contributed by atoms with van der Waals surface area (Å²) in [6.45, 7) is 4.92. The van der Waals surface area contributed by atoms with Crippen LogP contribution in [0.3, 0.4) is 0 Å². The minimum Gasteiger partial charge on any atom is -0.320 e. The minimum atomic E-state index is -0.394. The van der Waals surface area contributed by atoms with Crippen molar-refractivity contribution in [2.24, 2.45) is 11.7 Å². The fourth-order valence-electron chi connectivity index (χ4n) is 2.39. The summed E-state index contributed by atoms with van der Waals surface area (Å²) in [7, 11) is 0. The van der Waals surface area contributed by atoms with Gasteiger partial charge in [0.1, 0.15) is 0 Å². The Morgan fingerprint density at radius 1 is 1.47 bits per heavy atom. The highest BCUT2D eigenvalue weighted by Gasteiger charge is 2.28. The Kier molecular flexibility index (Phi) is 5.83.